The number of halogens is 4. The zero-order chi connectivity index (χ0) is 15.3. The van der Waals surface area contributed by atoms with Crippen LogP contribution in [-0.2, 0) is 16.0 Å². The number of alkyl halides is 3. The van der Waals surface area contributed by atoms with E-state index in [1.807, 2.05) is 0 Å². The lowest BCUT2D eigenvalue weighted by molar-refractivity contribution is -0.275. The second-order valence-electron chi connectivity index (χ2n) is 3.45. The van der Waals surface area contributed by atoms with Gasteiger partial charge in [0.05, 0.1) is 29.3 Å². The van der Waals surface area contributed by atoms with Gasteiger partial charge in [-0.1, -0.05) is 0 Å². The largest absolute Gasteiger partial charge is 0.573 e. The van der Waals surface area contributed by atoms with Crippen LogP contribution in [0.3, 0.4) is 0 Å². The number of rotatable bonds is 5. The molecule has 1 aromatic rings. The van der Waals surface area contributed by atoms with E-state index in [4.69, 9.17) is 9.47 Å². The summed E-state index contributed by atoms with van der Waals surface area (Å²) in [5.74, 6) is -1.31. The van der Waals surface area contributed by atoms with Gasteiger partial charge in [0.2, 0.25) is 5.88 Å². The molecule has 5 nitrogen and oxygen atoms in total. The Hall–Kier alpha value is -1.26. The lowest BCUT2D eigenvalue weighted by Crippen LogP contribution is -2.20. The fourth-order valence-corrected chi connectivity index (χ4v) is 1.98. The average Bonchev–Trinajstić information content (AvgIpc) is 2.33. The molecule has 20 heavy (non-hydrogen) atoms. The monoisotopic (exact) mass is 405 g/mol. The third kappa shape index (κ3) is 4.69. The molecule has 0 aromatic carbocycles. The number of hydrogen-bond donors (Lipinski definition) is 0. The van der Waals surface area contributed by atoms with Crippen molar-refractivity contribution in [1.82, 2.24) is 4.98 Å². The van der Waals surface area contributed by atoms with Crippen LogP contribution in [0.5, 0.6) is 11.6 Å². The fraction of sp³-hybridized carbons (Fsp3) is 0.455. The van der Waals surface area contributed by atoms with Gasteiger partial charge in [-0.3, -0.25) is 4.79 Å². The van der Waals surface area contributed by atoms with E-state index in [-0.39, 0.29) is 21.6 Å². The Morgan fingerprint density at radius 1 is 1.45 bits per heavy atom. The van der Waals surface area contributed by atoms with E-state index in [1.165, 1.54) is 7.11 Å². The van der Waals surface area contributed by atoms with E-state index in [2.05, 4.69) is 9.72 Å². The molecule has 0 saturated carbocycles. The number of methoxy groups -OCH3 is 1. The van der Waals surface area contributed by atoms with E-state index in [0.29, 0.717) is 0 Å². The summed E-state index contributed by atoms with van der Waals surface area (Å²) < 4.78 is 50.9. The van der Waals surface area contributed by atoms with Gasteiger partial charge in [0, 0.05) is 6.20 Å². The molecule has 0 bridgehead atoms. The minimum Gasteiger partial charge on any atom is -0.481 e. The highest BCUT2D eigenvalue weighted by molar-refractivity contribution is 14.1. The molecule has 112 valence electrons. The minimum absolute atomic E-state index is 0.102. The smallest absolute Gasteiger partial charge is 0.481 e. The van der Waals surface area contributed by atoms with Gasteiger partial charge in [-0.2, -0.15) is 0 Å². The summed E-state index contributed by atoms with van der Waals surface area (Å²) >= 11 is 1.63. The fourth-order valence-electron chi connectivity index (χ4n) is 1.41. The molecule has 1 aromatic heterocycles. The summed E-state index contributed by atoms with van der Waals surface area (Å²) in [6.07, 6.45) is -4.14. The Labute approximate surface area is 126 Å². The molecule has 0 unspecified atom stereocenters. The Kier molecular flexibility index (Phi) is 5.84. The van der Waals surface area contributed by atoms with Gasteiger partial charge in [-0.05, 0) is 29.5 Å². The van der Waals surface area contributed by atoms with Crippen LogP contribution in [0.4, 0.5) is 13.2 Å². The van der Waals surface area contributed by atoms with Crippen molar-refractivity contribution in [2.24, 2.45) is 0 Å². The molecule has 0 saturated heterocycles. The Morgan fingerprint density at radius 3 is 2.60 bits per heavy atom. The number of esters is 1. The maximum Gasteiger partial charge on any atom is 0.573 e. The van der Waals surface area contributed by atoms with Crippen molar-refractivity contribution in [3.63, 3.8) is 0 Å². The zero-order valence-corrected chi connectivity index (χ0v) is 12.7. The Bertz CT molecular complexity index is 493. The van der Waals surface area contributed by atoms with Crippen LogP contribution in [0.15, 0.2) is 6.20 Å². The first kappa shape index (κ1) is 16.8. The van der Waals surface area contributed by atoms with Crippen molar-refractivity contribution in [3.05, 3.63) is 15.3 Å². The number of hydrogen-bond acceptors (Lipinski definition) is 5. The number of nitrogens with zero attached hydrogens (tertiary/aromatic N) is 1. The SMILES string of the molecule is CCOC(=O)Cc1c(OC)ncc(I)c1OC(F)(F)F. The molecule has 0 fully saturated rings. The van der Waals surface area contributed by atoms with Crippen molar-refractivity contribution in [2.45, 2.75) is 19.7 Å². The zero-order valence-electron chi connectivity index (χ0n) is 10.6. The molecule has 1 rings (SSSR count). The van der Waals surface area contributed by atoms with E-state index in [9.17, 15) is 18.0 Å². The van der Waals surface area contributed by atoms with Crippen LogP contribution < -0.4 is 9.47 Å². The van der Waals surface area contributed by atoms with Crippen LogP contribution in [0.25, 0.3) is 0 Å². The molecule has 0 aliphatic heterocycles. The lowest BCUT2D eigenvalue weighted by atomic mass is 10.2. The maximum absolute atomic E-state index is 12.4. The van der Waals surface area contributed by atoms with Crippen molar-refractivity contribution in [1.29, 1.82) is 0 Å². The van der Waals surface area contributed by atoms with Crippen LogP contribution >= 0.6 is 22.6 Å². The van der Waals surface area contributed by atoms with Gasteiger partial charge >= 0.3 is 12.3 Å². The predicted molar refractivity (Wildman–Crippen MR) is 70.5 cm³/mol. The van der Waals surface area contributed by atoms with Gasteiger partial charge in [-0.25, -0.2) is 4.98 Å². The second kappa shape index (κ2) is 6.95. The average molecular weight is 405 g/mol. The first-order chi connectivity index (χ1) is 9.28. The van der Waals surface area contributed by atoms with Crippen LogP contribution in [0.1, 0.15) is 12.5 Å². The predicted octanol–water partition coefficient (Wildman–Crippen LogP) is 2.70. The molecule has 1 heterocycles. The van der Waals surface area contributed by atoms with Gasteiger partial charge in [0.1, 0.15) is 0 Å². The molecule has 0 radical (unpaired) electrons. The molecular formula is C11H11F3INO4. The standard InChI is InChI=1S/C11H11F3INO4/c1-3-19-8(17)4-6-9(20-11(12,13)14)7(15)5-16-10(6)18-2/h5H,3-4H2,1-2H3. The summed E-state index contributed by atoms with van der Waals surface area (Å²) in [6.45, 7) is 1.71. The third-order valence-electron chi connectivity index (χ3n) is 2.08. The van der Waals surface area contributed by atoms with Crippen molar-refractivity contribution in [3.8, 4) is 11.6 Å². The van der Waals surface area contributed by atoms with Crippen molar-refractivity contribution >= 4 is 28.6 Å². The third-order valence-corrected chi connectivity index (χ3v) is 2.85. The Morgan fingerprint density at radius 2 is 2.10 bits per heavy atom. The molecule has 0 atom stereocenters. The number of carbonyl (C=O) groups excluding carboxylic acids is 1. The molecule has 0 aliphatic rings. The molecule has 0 amide bonds. The molecular weight excluding hydrogens is 394 g/mol. The van der Waals surface area contributed by atoms with E-state index < -0.39 is 24.5 Å². The maximum atomic E-state index is 12.4. The van der Waals surface area contributed by atoms with Gasteiger partial charge in [0.25, 0.3) is 0 Å². The summed E-state index contributed by atoms with van der Waals surface area (Å²) in [5.41, 5.74) is -0.102. The van der Waals surface area contributed by atoms with E-state index in [0.717, 1.165) is 6.20 Å². The number of carbonyl (C=O) groups is 1. The topological polar surface area (TPSA) is 57.7 Å². The summed E-state index contributed by atoms with van der Waals surface area (Å²) in [6, 6.07) is 0. The summed E-state index contributed by atoms with van der Waals surface area (Å²) in [7, 11) is 1.24. The summed E-state index contributed by atoms with van der Waals surface area (Å²) in [4.78, 5) is 15.3. The minimum atomic E-state index is -4.88. The van der Waals surface area contributed by atoms with Crippen molar-refractivity contribution in [2.75, 3.05) is 13.7 Å². The second-order valence-corrected chi connectivity index (χ2v) is 4.61. The van der Waals surface area contributed by atoms with Gasteiger partial charge in [-0.15, -0.1) is 13.2 Å². The highest BCUT2D eigenvalue weighted by Gasteiger charge is 2.34. The molecule has 0 aliphatic carbocycles. The highest BCUT2D eigenvalue weighted by atomic mass is 127. The molecule has 0 spiro atoms. The normalized spacial score (nSPS) is 11.1. The number of ether oxygens (including phenoxy) is 3. The van der Waals surface area contributed by atoms with E-state index in [1.54, 1.807) is 29.5 Å². The van der Waals surface area contributed by atoms with Crippen LogP contribution in [-0.4, -0.2) is 31.0 Å². The van der Waals surface area contributed by atoms with Gasteiger partial charge < -0.3 is 14.2 Å². The quantitative estimate of drug-likeness (QED) is 0.557. The summed E-state index contributed by atoms with van der Waals surface area (Å²) in [5, 5.41) is 0. The van der Waals surface area contributed by atoms with Crippen molar-refractivity contribution < 1.29 is 32.2 Å². The lowest BCUT2D eigenvalue weighted by Gasteiger charge is -2.16. The first-order valence-electron chi connectivity index (χ1n) is 5.41. The van der Waals surface area contributed by atoms with Gasteiger partial charge in [0.15, 0.2) is 5.75 Å². The molecule has 0 N–H and O–H groups in total. The number of pyridine rings is 1. The van der Waals surface area contributed by atoms with Crippen LogP contribution in [0.2, 0.25) is 0 Å². The number of aromatic nitrogens is 1. The molecule has 9 heteroatoms. The van der Waals surface area contributed by atoms with Crippen LogP contribution in [0, 0.1) is 3.57 Å². The Balaban J connectivity index is 3.21. The highest BCUT2D eigenvalue weighted by Crippen LogP contribution is 2.35. The first-order valence-corrected chi connectivity index (χ1v) is 6.49. The van der Waals surface area contributed by atoms with E-state index >= 15 is 0 Å².